The van der Waals surface area contributed by atoms with Crippen LogP contribution < -0.4 is 4.90 Å². The Morgan fingerprint density at radius 2 is 2.18 bits per heavy atom. The lowest BCUT2D eigenvalue weighted by Crippen LogP contribution is -2.27. The maximum absolute atomic E-state index is 12.2. The molecule has 0 bridgehead atoms. The summed E-state index contributed by atoms with van der Waals surface area (Å²) < 4.78 is 1.68. The number of hydrogen-bond acceptors (Lipinski definition) is 5. The van der Waals surface area contributed by atoms with Gasteiger partial charge in [0.25, 0.3) is 0 Å². The van der Waals surface area contributed by atoms with Gasteiger partial charge in [0.05, 0.1) is 5.69 Å². The van der Waals surface area contributed by atoms with Crippen molar-refractivity contribution < 1.29 is 9.59 Å². The zero-order valence-electron chi connectivity index (χ0n) is 12.4. The standard InChI is InChI=1S/C15H16N4O2S/c1-10(20)22-11-7-15(21)19(9-11)14-8-13(17-18(14)2)12-5-3-4-6-16-12/h3-6,8,11H,7,9H2,1-2H3. The predicted octanol–water partition coefficient (Wildman–Crippen LogP) is 1.87. The molecule has 2 aromatic heterocycles. The molecule has 22 heavy (non-hydrogen) atoms. The van der Waals surface area contributed by atoms with E-state index in [4.69, 9.17) is 0 Å². The summed E-state index contributed by atoms with van der Waals surface area (Å²) in [7, 11) is 1.81. The second kappa shape index (κ2) is 5.92. The van der Waals surface area contributed by atoms with Crippen LogP contribution in [0.2, 0.25) is 0 Å². The number of amides is 1. The van der Waals surface area contributed by atoms with Crippen molar-refractivity contribution in [2.24, 2.45) is 7.05 Å². The maximum atomic E-state index is 12.2. The minimum absolute atomic E-state index is 0.0122. The topological polar surface area (TPSA) is 68.1 Å². The number of pyridine rings is 1. The lowest BCUT2D eigenvalue weighted by molar-refractivity contribution is -0.117. The molecule has 0 aromatic carbocycles. The van der Waals surface area contributed by atoms with E-state index in [9.17, 15) is 9.59 Å². The molecule has 0 saturated carbocycles. The number of carbonyl (C=O) groups is 2. The first kappa shape index (κ1) is 14.8. The number of anilines is 1. The number of carbonyl (C=O) groups excluding carboxylic acids is 2. The molecule has 2 aromatic rings. The first-order chi connectivity index (χ1) is 10.5. The predicted molar refractivity (Wildman–Crippen MR) is 85.5 cm³/mol. The monoisotopic (exact) mass is 316 g/mol. The highest BCUT2D eigenvalue weighted by Crippen LogP contribution is 2.30. The fraction of sp³-hybridized carbons (Fsp3) is 0.333. The minimum Gasteiger partial charge on any atom is -0.296 e. The largest absolute Gasteiger partial charge is 0.296 e. The maximum Gasteiger partial charge on any atom is 0.229 e. The quantitative estimate of drug-likeness (QED) is 0.864. The third kappa shape index (κ3) is 2.89. The van der Waals surface area contributed by atoms with Crippen LogP contribution in [0.3, 0.4) is 0 Å². The van der Waals surface area contributed by atoms with Gasteiger partial charge in [0, 0.05) is 44.5 Å². The Morgan fingerprint density at radius 3 is 2.86 bits per heavy atom. The molecule has 3 rings (SSSR count). The van der Waals surface area contributed by atoms with Crippen LogP contribution in [0.15, 0.2) is 30.5 Å². The van der Waals surface area contributed by atoms with Crippen molar-refractivity contribution in [2.75, 3.05) is 11.4 Å². The third-order valence-electron chi connectivity index (χ3n) is 3.48. The summed E-state index contributed by atoms with van der Waals surface area (Å²) in [6.45, 7) is 2.06. The molecule has 1 fully saturated rings. The van der Waals surface area contributed by atoms with E-state index in [1.807, 2.05) is 24.3 Å². The van der Waals surface area contributed by atoms with Crippen LogP contribution in [-0.4, -0.2) is 37.6 Å². The van der Waals surface area contributed by atoms with Crippen molar-refractivity contribution in [3.05, 3.63) is 30.5 Å². The van der Waals surface area contributed by atoms with Crippen molar-refractivity contribution >= 4 is 28.6 Å². The van der Waals surface area contributed by atoms with E-state index in [1.165, 1.54) is 18.7 Å². The number of nitrogens with zero attached hydrogens (tertiary/aromatic N) is 4. The molecule has 7 heteroatoms. The van der Waals surface area contributed by atoms with E-state index in [2.05, 4.69) is 10.1 Å². The summed E-state index contributed by atoms with van der Waals surface area (Å²) in [4.78, 5) is 29.4. The molecule has 0 aliphatic carbocycles. The SMILES string of the molecule is CC(=O)SC1CC(=O)N(c2cc(-c3ccccn3)nn2C)C1. The smallest absolute Gasteiger partial charge is 0.229 e. The van der Waals surface area contributed by atoms with E-state index in [0.29, 0.717) is 13.0 Å². The molecule has 1 atom stereocenters. The van der Waals surface area contributed by atoms with Crippen LogP contribution in [-0.2, 0) is 16.6 Å². The van der Waals surface area contributed by atoms with E-state index in [-0.39, 0.29) is 16.3 Å². The van der Waals surface area contributed by atoms with Gasteiger partial charge in [-0.1, -0.05) is 17.8 Å². The summed E-state index contributed by atoms with van der Waals surface area (Å²) in [5.41, 5.74) is 1.50. The van der Waals surface area contributed by atoms with Gasteiger partial charge in [-0.3, -0.25) is 24.2 Å². The Morgan fingerprint density at radius 1 is 1.36 bits per heavy atom. The summed E-state index contributed by atoms with van der Waals surface area (Å²) >= 11 is 1.23. The number of aromatic nitrogens is 3. The Hall–Kier alpha value is -2.15. The van der Waals surface area contributed by atoms with Crippen molar-refractivity contribution in [1.29, 1.82) is 0 Å². The van der Waals surface area contributed by atoms with Crippen LogP contribution in [0, 0.1) is 0 Å². The van der Waals surface area contributed by atoms with Crippen LogP contribution in [0.25, 0.3) is 11.4 Å². The fourth-order valence-corrected chi connectivity index (χ4v) is 3.48. The first-order valence-corrected chi connectivity index (χ1v) is 7.85. The normalized spacial score (nSPS) is 18.0. The minimum atomic E-state index is 0.0122. The highest BCUT2D eigenvalue weighted by atomic mass is 32.2. The number of hydrogen-bond donors (Lipinski definition) is 0. The Labute approximate surface area is 132 Å². The average molecular weight is 316 g/mol. The van der Waals surface area contributed by atoms with Gasteiger partial charge in [-0.05, 0) is 12.1 Å². The molecule has 1 aliphatic rings. The Balaban J connectivity index is 1.85. The van der Waals surface area contributed by atoms with Gasteiger partial charge in [-0.25, -0.2) is 0 Å². The lowest BCUT2D eigenvalue weighted by atomic mass is 10.3. The Kier molecular flexibility index (Phi) is 3.98. The molecule has 1 unspecified atom stereocenters. The van der Waals surface area contributed by atoms with Gasteiger partial charge in [-0.2, -0.15) is 5.10 Å². The highest BCUT2D eigenvalue weighted by Gasteiger charge is 2.33. The van der Waals surface area contributed by atoms with Crippen molar-refractivity contribution in [3.8, 4) is 11.4 Å². The van der Waals surface area contributed by atoms with Gasteiger partial charge in [0.1, 0.15) is 11.5 Å². The number of rotatable bonds is 3. The molecule has 3 heterocycles. The second-order valence-corrected chi connectivity index (χ2v) is 6.64. The van der Waals surface area contributed by atoms with E-state index in [1.54, 1.807) is 22.8 Å². The molecule has 1 aliphatic heterocycles. The first-order valence-electron chi connectivity index (χ1n) is 6.97. The average Bonchev–Trinajstić information content (AvgIpc) is 3.02. The second-order valence-electron chi connectivity index (χ2n) is 5.17. The third-order valence-corrected chi connectivity index (χ3v) is 4.46. The summed E-state index contributed by atoms with van der Waals surface area (Å²) in [6.07, 6.45) is 2.10. The van der Waals surface area contributed by atoms with Crippen molar-refractivity contribution in [1.82, 2.24) is 14.8 Å². The molecule has 1 saturated heterocycles. The van der Waals surface area contributed by atoms with Gasteiger partial charge in [0.2, 0.25) is 5.91 Å². The summed E-state index contributed by atoms with van der Waals surface area (Å²) in [6, 6.07) is 7.49. The van der Waals surface area contributed by atoms with E-state index < -0.39 is 0 Å². The highest BCUT2D eigenvalue weighted by molar-refractivity contribution is 8.14. The number of thioether (sulfide) groups is 1. The van der Waals surface area contributed by atoms with Crippen molar-refractivity contribution in [2.45, 2.75) is 18.6 Å². The van der Waals surface area contributed by atoms with Crippen LogP contribution in [0.1, 0.15) is 13.3 Å². The molecule has 1 amide bonds. The molecular formula is C15H16N4O2S. The Bertz CT molecular complexity index is 714. The van der Waals surface area contributed by atoms with Crippen molar-refractivity contribution in [3.63, 3.8) is 0 Å². The number of aryl methyl sites for hydroxylation is 1. The van der Waals surface area contributed by atoms with Gasteiger partial charge in [0.15, 0.2) is 5.12 Å². The molecule has 0 N–H and O–H groups in total. The summed E-state index contributed by atoms with van der Waals surface area (Å²) in [5.74, 6) is 0.756. The van der Waals surface area contributed by atoms with E-state index >= 15 is 0 Å². The van der Waals surface area contributed by atoms with Gasteiger partial charge >= 0.3 is 0 Å². The van der Waals surface area contributed by atoms with Crippen LogP contribution in [0.4, 0.5) is 5.82 Å². The summed E-state index contributed by atoms with van der Waals surface area (Å²) in [5, 5.41) is 4.49. The molecule has 0 spiro atoms. The lowest BCUT2D eigenvalue weighted by Gasteiger charge is -2.15. The molecule has 0 radical (unpaired) electrons. The van der Waals surface area contributed by atoms with Crippen LogP contribution >= 0.6 is 11.8 Å². The van der Waals surface area contributed by atoms with Gasteiger partial charge < -0.3 is 0 Å². The molecule has 6 nitrogen and oxygen atoms in total. The zero-order chi connectivity index (χ0) is 15.7. The van der Waals surface area contributed by atoms with Crippen LogP contribution in [0.5, 0.6) is 0 Å². The molecular weight excluding hydrogens is 300 g/mol. The zero-order valence-corrected chi connectivity index (χ0v) is 13.2. The van der Waals surface area contributed by atoms with Gasteiger partial charge in [-0.15, -0.1) is 0 Å². The molecule has 114 valence electrons. The van der Waals surface area contributed by atoms with E-state index in [0.717, 1.165) is 17.2 Å². The fourth-order valence-electron chi connectivity index (χ4n) is 2.56.